The van der Waals surface area contributed by atoms with Crippen molar-refractivity contribution in [2.75, 3.05) is 39.1 Å². The van der Waals surface area contributed by atoms with Gasteiger partial charge in [0.25, 0.3) is 0 Å². The van der Waals surface area contributed by atoms with Gasteiger partial charge in [0.1, 0.15) is 0 Å². The molecule has 0 aliphatic rings. The van der Waals surface area contributed by atoms with Crippen LogP contribution in [0.3, 0.4) is 0 Å². The van der Waals surface area contributed by atoms with Gasteiger partial charge in [-0.1, -0.05) is 121 Å². The minimum absolute atomic E-state index is 0.217. The second-order valence-electron chi connectivity index (χ2n) is 12.4. The van der Waals surface area contributed by atoms with Crippen molar-refractivity contribution >= 4 is 23.2 Å². The average Bonchev–Trinajstić information content (AvgIpc) is 3.20. The van der Waals surface area contributed by atoms with E-state index < -0.39 is 11.8 Å². The molecule has 0 saturated carbocycles. The van der Waals surface area contributed by atoms with Gasteiger partial charge in [0.05, 0.1) is 40.3 Å². The van der Waals surface area contributed by atoms with E-state index in [-0.39, 0.29) is 18.2 Å². The zero-order valence-electron chi connectivity index (χ0n) is 30.2. The first-order valence-corrected chi connectivity index (χ1v) is 17.2. The minimum atomic E-state index is -0.581. The lowest BCUT2D eigenvalue weighted by molar-refractivity contribution is -0.117. The number of nitrogens with one attached hydrogen (secondary N) is 2. The minimum Gasteiger partial charge on any atom is -0.493 e. The quantitative estimate of drug-likeness (QED) is 0.118. The fraction of sp³-hybridized carbons (Fsp3) is 0.156. The number of carbonyl (C=O) groups is 2. The Bertz CT molecular complexity index is 1910. The summed E-state index contributed by atoms with van der Waals surface area (Å²) >= 11 is 0. The Hall–Kier alpha value is -6.54. The molecule has 8 heteroatoms. The van der Waals surface area contributed by atoms with Gasteiger partial charge in [-0.15, -0.1) is 0 Å². The van der Waals surface area contributed by atoms with Crippen LogP contribution in [0.15, 0.2) is 146 Å². The molecule has 6 rings (SSSR count). The molecule has 0 heterocycles. The van der Waals surface area contributed by atoms with E-state index in [1.807, 2.05) is 133 Å². The van der Waals surface area contributed by atoms with Crippen LogP contribution in [-0.4, -0.2) is 40.3 Å². The maximum absolute atomic E-state index is 14.3. The molecular weight excluding hydrogens is 665 g/mol. The topological polar surface area (TPSA) is 95.1 Å². The number of rotatable bonds is 14. The molecule has 2 N–H and O–H groups in total. The number of methoxy groups -OCH3 is 4. The molecule has 0 unspecified atom stereocenters. The number of carbonyl (C=O) groups excluding carboxylic acids is 2. The maximum Gasteiger partial charge on any atom is 0.236 e. The van der Waals surface area contributed by atoms with Crippen LogP contribution in [0.25, 0.3) is 0 Å². The Morgan fingerprint density at radius 1 is 0.434 bits per heavy atom. The van der Waals surface area contributed by atoms with Crippen molar-refractivity contribution in [3.8, 4) is 23.0 Å². The number of hydrogen-bond donors (Lipinski definition) is 2. The first kappa shape index (κ1) is 36.3. The van der Waals surface area contributed by atoms with E-state index in [0.717, 1.165) is 33.4 Å². The normalized spacial score (nSPS) is 10.8. The Kier molecular flexibility index (Phi) is 11.7. The summed E-state index contributed by atoms with van der Waals surface area (Å²) in [4.78, 5) is 28.7. The third kappa shape index (κ3) is 8.34. The van der Waals surface area contributed by atoms with Gasteiger partial charge in [-0.2, -0.15) is 0 Å². The van der Waals surface area contributed by atoms with Crippen LogP contribution < -0.4 is 29.6 Å². The summed E-state index contributed by atoms with van der Waals surface area (Å²) in [6.07, 6.45) is 0.272. The predicted octanol–water partition coefficient (Wildman–Crippen LogP) is 8.85. The van der Waals surface area contributed by atoms with Crippen molar-refractivity contribution in [1.29, 1.82) is 0 Å². The van der Waals surface area contributed by atoms with E-state index in [4.69, 9.17) is 18.9 Å². The summed E-state index contributed by atoms with van der Waals surface area (Å²) in [5.74, 6) is 0.290. The van der Waals surface area contributed by atoms with Gasteiger partial charge in [-0.3, -0.25) is 9.59 Å². The second kappa shape index (κ2) is 17.1. The zero-order chi connectivity index (χ0) is 37.2. The standard InChI is InChI=1S/C45H42N2O6/c1-50-38-26-34(36(28-40(38)52-3)46-44(48)42(30-17-9-5-10-18-30)31-19-11-6-12-20-31)25-35-27-39(51-2)41(53-4)29-37(35)47-45(49)43(32-21-13-7-14-22-32)33-23-15-8-16-24-33/h5-24,26-29,42-43H,25H2,1-4H3,(H,46,48)(H,47,49). The fourth-order valence-electron chi connectivity index (χ4n) is 6.55. The van der Waals surface area contributed by atoms with Gasteiger partial charge in [-0.05, 0) is 45.5 Å². The highest BCUT2D eigenvalue weighted by molar-refractivity contribution is 6.00. The van der Waals surface area contributed by atoms with Crippen molar-refractivity contribution in [2.45, 2.75) is 18.3 Å². The monoisotopic (exact) mass is 706 g/mol. The van der Waals surface area contributed by atoms with Gasteiger partial charge in [0.15, 0.2) is 23.0 Å². The summed E-state index contributed by atoms with van der Waals surface area (Å²) in [5.41, 5.74) is 5.93. The van der Waals surface area contributed by atoms with Crippen molar-refractivity contribution in [3.63, 3.8) is 0 Å². The van der Waals surface area contributed by atoms with Crippen molar-refractivity contribution in [3.05, 3.63) is 179 Å². The van der Waals surface area contributed by atoms with Crippen LogP contribution in [0, 0.1) is 0 Å². The van der Waals surface area contributed by atoms with Crippen molar-refractivity contribution in [2.24, 2.45) is 0 Å². The molecule has 2 amide bonds. The molecule has 0 fully saturated rings. The fourth-order valence-corrected chi connectivity index (χ4v) is 6.55. The largest absolute Gasteiger partial charge is 0.493 e. The van der Waals surface area contributed by atoms with Crippen LogP contribution >= 0.6 is 0 Å². The van der Waals surface area contributed by atoms with Crippen LogP contribution in [0.5, 0.6) is 23.0 Å². The molecule has 53 heavy (non-hydrogen) atoms. The van der Waals surface area contributed by atoms with Gasteiger partial charge in [0, 0.05) is 29.9 Å². The second-order valence-corrected chi connectivity index (χ2v) is 12.4. The van der Waals surface area contributed by atoms with E-state index in [2.05, 4.69) is 10.6 Å². The van der Waals surface area contributed by atoms with Gasteiger partial charge in [-0.25, -0.2) is 0 Å². The summed E-state index contributed by atoms with van der Waals surface area (Å²) in [7, 11) is 6.24. The zero-order valence-corrected chi connectivity index (χ0v) is 30.2. The summed E-state index contributed by atoms with van der Waals surface area (Å²) in [6, 6.07) is 45.9. The Balaban J connectivity index is 1.42. The molecule has 0 spiro atoms. The third-order valence-corrected chi connectivity index (χ3v) is 9.17. The van der Waals surface area contributed by atoms with Crippen LogP contribution in [0.1, 0.15) is 45.2 Å². The smallest absolute Gasteiger partial charge is 0.236 e. The van der Waals surface area contributed by atoms with Crippen molar-refractivity contribution in [1.82, 2.24) is 0 Å². The molecule has 0 bridgehead atoms. The Labute approximate surface area is 310 Å². The number of anilines is 2. The lowest BCUT2D eigenvalue weighted by Gasteiger charge is -2.22. The maximum atomic E-state index is 14.3. The van der Waals surface area contributed by atoms with Gasteiger partial charge in [0.2, 0.25) is 11.8 Å². The van der Waals surface area contributed by atoms with E-state index >= 15 is 0 Å². The van der Waals surface area contributed by atoms with Crippen LogP contribution in [-0.2, 0) is 16.0 Å². The first-order chi connectivity index (χ1) is 25.9. The molecule has 0 aliphatic heterocycles. The Morgan fingerprint density at radius 2 is 0.698 bits per heavy atom. The van der Waals surface area contributed by atoms with Crippen LogP contribution in [0.2, 0.25) is 0 Å². The van der Waals surface area contributed by atoms with E-state index in [0.29, 0.717) is 34.4 Å². The molecule has 0 aliphatic carbocycles. The molecule has 0 atom stereocenters. The highest BCUT2D eigenvalue weighted by Crippen LogP contribution is 2.40. The van der Waals surface area contributed by atoms with Crippen molar-refractivity contribution < 1.29 is 28.5 Å². The summed E-state index contributed by atoms with van der Waals surface area (Å²) in [5, 5.41) is 6.42. The SMILES string of the molecule is COc1cc(Cc2cc(OC)c(OC)cc2NC(=O)C(c2ccccc2)c2ccccc2)c(NC(=O)C(c2ccccc2)c2ccccc2)cc1OC. The lowest BCUT2D eigenvalue weighted by atomic mass is 9.90. The summed E-state index contributed by atoms with van der Waals surface area (Å²) in [6.45, 7) is 0. The molecule has 0 aromatic heterocycles. The third-order valence-electron chi connectivity index (χ3n) is 9.17. The number of benzene rings is 6. The average molecular weight is 707 g/mol. The molecule has 6 aromatic carbocycles. The van der Waals surface area contributed by atoms with Gasteiger partial charge < -0.3 is 29.6 Å². The molecule has 8 nitrogen and oxygen atoms in total. The molecule has 0 radical (unpaired) electrons. The number of hydrogen-bond acceptors (Lipinski definition) is 6. The predicted molar refractivity (Wildman–Crippen MR) is 209 cm³/mol. The molecule has 6 aromatic rings. The van der Waals surface area contributed by atoms with E-state index in [1.54, 1.807) is 40.6 Å². The highest BCUT2D eigenvalue weighted by Gasteiger charge is 2.27. The van der Waals surface area contributed by atoms with Crippen LogP contribution in [0.4, 0.5) is 11.4 Å². The first-order valence-electron chi connectivity index (χ1n) is 17.2. The van der Waals surface area contributed by atoms with E-state index in [1.165, 1.54) is 0 Å². The summed E-state index contributed by atoms with van der Waals surface area (Å²) < 4.78 is 22.8. The van der Waals surface area contributed by atoms with E-state index in [9.17, 15) is 9.59 Å². The van der Waals surface area contributed by atoms with Gasteiger partial charge >= 0.3 is 0 Å². The lowest BCUT2D eigenvalue weighted by Crippen LogP contribution is -2.23. The Morgan fingerprint density at radius 3 is 0.962 bits per heavy atom. The highest BCUT2D eigenvalue weighted by atomic mass is 16.5. The molecule has 0 saturated heterocycles. The molecule has 268 valence electrons. The number of amides is 2. The number of ether oxygens (including phenoxy) is 4. The molecular formula is C45H42N2O6.